The highest BCUT2D eigenvalue weighted by Crippen LogP contribution is 2.28. The molecule has 3 rings (SSSR count). The average molecular weight is 339 g/mol. The number of rotatable bonds is 4. The number of carbonyl (C=O) groups is 1. The minimum Gasteiger partial charge on any atom is -0.507 e. The van der Waals surface area contributed by atoms with Gasteiger partial charge in [-0.1, -0.05) is 60.7 Å². The first-order valence-corrected chi connectivity index (χ1v) is 8.19. The Labute approximate surface area is 152 Å². The van der Waals surface area contributed by atoms with Crippen LogP contribution in [0.3, 0.4) is 0 Å². The molecule has 0 aliphatic carbocycles. The van der Waals surface area contributed by atoms with Crippen LogP contribution in [0.2, 0.25) is 0 Å². The molecule has 0 aliphatic heterocycles. The van der Waals surface area contributed by atoms with E-state index in [0.29, 0.717) is 11.8 Å². The first-order chi connectivity index (χ1) is 12.6. The fraction of sp³-hybridized carbons (Fsp3) is 0.0435. The summed E-state index contributed by atoms with van der Waals surface area (Å²) in [6.07, 6.45) is 4.33. The van der Waals surface area contributed by atoms with Crippen molar-refractivity contribution in [3.63, 3.8) is 0 Å². The van der Waals surface area contributed by atoms with Crippen molar-refractivity contribution in [2.45, 2.75) is 6.92 Å². The number of nitriles is 1. The maximum Gasteiger partial charge on any atom is 0.153 e. The molecule has 0 saturated carbocycles. The molecule has 0 unspecified atom stereocenters. The molecule has 3 aromatic carbocycles. The number of aldehydes is 1. The number of phenolic OH excluding ortho intramolecular Hbond substituents is 1. The molecule has 0 aromatic heterocycles. The summed E-state index contributed by atoms with van der Waals surface area (Å²) in [5, 5.41) is 19.6. The van der Waals surface area contributed by atoms with E-state index in [4.69, 9.17) is 0 Å². The molecular weight excluding hydrogens is 322 g/mol. The molecule has 0 saturated heterocycles. The van der Waals surface area contributed by atoms with E-state index in [-0.39, 0.29) is 11.3 Å². The minimum atomic E-state index is -0.0520. The van der Waals surface area contributed by atoms with Crippen LogP contribution in [0.1, 0.15) is 32.6 Å². The summed E-state index contributed by atoms with van der Waals surface area (Å²) in [6, 6.07) is 21.0. The van der Waals surface area contributed by atoms with Crippen LogP contribution in [0.15, 0.2) is 60.7 Å². The molecule has 0 bridgehead atoms. The van der Waals surface area contributed by atoms with Crippen LogP contribution in [0.25, 0.3) is 23.3 Å². The van der Waals surface area contributed by atoms with Crippen LogP contribution in [0, 0.1) is 18.3 Å². The van der Waals surface area contributed by atoms with Crippen molar-refractivity contribution in [3.8, 4) is 22.9 Å². The van der Waals surface area contributed by atoms with Gasteiger partial charge in [0.1, 0.15) is 11.8 Å². The van der Waals surface area contributed by atoms with E-state index in [2.05, 4.69) is 6.07 Å². The second-order valence-electron chi connectivity index (χ2n) is 5.97. The number of hydrogen-bond acceptors (Lipinski definition) is 3. The number of nitrogens with zero attached hydrogens (tertiary/aromatic N) is 1. The van der Waals surface area contributed by atoms with Gasteiger partial charge in [0, 0.05) is 5.56 Å². The zero-order chi connectivity index (χ0) is 18.5. The van der Waals surface area contributed by atoms with Gasteiger partial charge in [-0.2, -0.15) is 5.26 Å². The Morgan fingerprint density at radius 2 is 1.65 bits per heavy atom. The van der Waals surface area contributed by atoms with Crippen LogP contribution >= 0.6 is 0 Å². The molecule has 26 heavy (non-hydrogen) atoms. The maximum absolute atomic E-state index is 10.9. The largest absolute Gasteiger partial charge is 0.507 e. The Balaban J connectivity index is 2.04. The topological polar surface area (TPSA) is 61.1 Å². The SMILES string of the molecule is Cc1cc(C=O)c(O)cc1/C=C/c1cccc(-c2ccccc2)c1C#N. The zero-order valence-electron chi connectivity index (χ0n) is 14.3. The summed E-state index contributed by atoms with van der Waals surface area (Å²) in [4.78, 5) is 10.9. The lowest BCUT2D eigenvalue weighted by Crippen LogP contribution is -1.89. The Hall–Kier alpha value is -3.64. The number of aryl methyl sites for hydroxylation is 1. The Morgan fingerprint density at radius 3 is 2.35 bits per heavy atom. The smallest absolute Gasteiger partial charge is 0.153 e. The van der Waals surface area contributed by atoms with E-state index < -0.39 is 0 Å². The molecule has 0 fully saturated rings. The highest BCUT2D eigenvalue weighted by Gasteiger charge is 2.08. The van der Waals surface area contributed by atoms with Crippen molar-refractivity contribution in [2.24, 2.45) is 0 Å². The van der Waals surface area contributed by atoms with Gasteiger partial charge >= 0.3 is 0 Å². The van der Waals surface area contributed by atoms with Crippen LogP contribution in [-0.2, 0) is 0 Å². The van der Waals surface area contributed by atoms with Gasteiger partial charge in [-0.05, 0) is 41.3 Å². The number of carbonyl (C=O) groups excluding carboxylic acids is 1. The van der Waals surface area contributed by atoms with E-state index in [9.17, 15) is 15.2 Å². The monoisotopic (exact) mass is 339 g/mol. The first-order valence-electron chi connectivity index (χ1n) is 8.19. The summed E-state index contributed by atoms with van der Waals surface area (Å²) in [6.45, 7) is 1.87. The lowest BCUT2D eigenvalue weighted by atomic mass is 9.95. The standard InChI is InChI=1S/C23H17NO2/c1-16-12-20(15-25)23(26)13-19(16)11-10-18-8-5-9-21(22(18)14-24)17-6-3-2-4-7-17/h2-13,15,26H,1H3/b11-10+. The van der Waals surface area contributed by atoms with Gasteiger partial charge in [0.05, 0.1) is 11.1 Å². The Kier molecular flexibility index (Phi) is 4.96. The maximum atomic E-state index is 10.9. The Bertz CT molecular complexity index is 1030. The van der Waals surface area contributed by atoms with Crippen molar-refractivity contribution >= 4 is 18.4 Å². The fourth-order valence-electron chi connectivity index (χ4n) is 2.88. The predicted molar refractivity (Wildman–Crippen MR) is 104 cm³/mol. The van der Waals surface area contributed by atoms with Gasteiger partial charge in [-0.15, -0.1) is 0 Å². The van der Waals surface area contributed by atoms with Gasteiger partial charge in [-0.25, -0.2) is 0 Å². The van der Waals surface area contributed by atoms with Gasteiger partial charge in [-0.3, -0.25) is 4.79 Å². The van der Waals surface area contributed by atoms with E-state index in [1.54, 1.807) is 12.1 Å². The van der Waals surface area contributed by atoms with E-state index >= 15 is 0 Å². The first kappa shape index (κ1) is 17.2. The van der Waals surface area contributed by atoms with Crippen molar-refractivity contribution in [3.05, 3.63) is 88.5 Å². The summed E-state index contributed by atoms with van der Waals surface area (Å²) in [7, 11) is 0. The van der Waals surface area contributed by atoms with Gasteiger partial charge in [0.15, 0.2) is 6.29 Å². The van der Waals surface area contributed by atoms with E-state index in [1.165, 1.54) is 0 Å². The van der Waals surface area contributed by atoms with Crippen molar-refractivity contribution in [2.75, 3.05) is 0 Å². The lowest BCUT2D eigenvalue weighted by Gasteiger charge is -2.08. The van der Waals surface area contributed by atoms with Gasteiger partial charge < -0.3 is 5.11 Å². The predicted octanol–water partition coefficient (Wildman–Crippen LogP) is 5.22. The van der Waals surface area contributed by atoms with Crippen LogP contribution in [-0.4, -0.2) is 11.4 Å². The third-order valence-electron chi connectivity index (χ3n) is 4.28. The molecule has 1 N–H and O–H groups in total. The molecule has 0 radical (unpaired) electrons. The van der Waals surface area contributed by atoms with Crippen molar-refractivity contribution in [1.82, 2.24) is 0 Å². The van der Waals surface area contributed by atoms with Crippen LogP contribution in [0.5, 0.6) is 5.75 Å². The molecule has 0 aliphatic rings. The molecule has 3 aromatic rings. The zero-order valence-corrected chi connectivity index (χ0v) is 14.3. The molecule has 126 valence electrons. The number of benzene rings is 3. The molecule has 3 heteroatoms. The third-order valence-corrected chi connectivity index (χ3v) is 4.28. The van der Waals surface area contributed by atoms with Gasteiger partial charge in [0.25, 0.3) is 0 Å². The molecular formula is C23H17NO2. The number of aromatic hydroxyl groups is 1. The quantitative estimate of drug-likeness (QED) is 0.523. The number of hydrogen-bond donors (Lipinski definition) is 1. The Morgan fingerprint density at radius 1 is 0.923 bits per heavy atom. The van der Waals surface area contributed by atoms with Crippen LogP contribution < -0.4 is 0 Å². The second-order valence-corrected chi connectivity index (χ2v) is 5.97. The summed E-state index contributed by atoms with van der Waals surface area (Å²) in [5.41, 5.74) is 5.20. The third kappa shape index (κ3) is 3.40. The normalized spacial score (nSPS) is 10.6. The number of phenols is 1. The lowest BCUT2D eigenvalue weighted by molar-refractivity contribution is 0.112. The van der Waals surface area contributed by atoms with Crippen molar-refractivity contribution < 1.29 is 9.90 Å². The fourth-order valence-corrected chi connectivity index (χ4v) is 2.88. The van der Waals surface area contributed by atoms with Crippen molar-refractivity contribution in [1.29, 1.82) is 5.26 Å². The highest BCUT2D eigenvalue weighted by atomic mass is 16.3. The molecule has 0 heterocycles. The minimum absolute atomic E-state index is 0.0520. The highest BCUT2D eigenvalue weighted by molar-refractivity contribution is 5.84. The van der Waals surface area contributed by atoms with Gasteiger partial charge in [0.2, 0.25) is 0 Å². The summed E-state index contributed by atoms with van der Waals surface area (Å²) < 4.78 is 0. The summed E-state index contributed by atoms with van der Waals surface area (Å²) in [5.74, 6) is -0.0520. The molecule has 3 nitrogen and oxygen atoms in total. The molecule has 0 amide bonds. The van der Waals surface area contributed by atoms with E-state index in [1.807, 2.05) is 67.6 Å². The summed E-state index contributed by atoms with van der Waals surface area (Å²) >= 11 is 0. The molecule has 0 atom stereocenters. The second kappa shape index (κ2) is 7.50. The van der Waals surface area contributed by atoms with E-state index in [0.717, 1.165) is 27.8 Å². The van der Waals surface area contributed by atoms with Crippen LogP contribution in [0.4, 0.5) is 0 Å². The average Bonchev–Trinajstić information content (AvgIpc) is 2.68. The molecule has 0 spiro atoms.